The van der Waals surface area contributed by atoms with E-state index in [1.807, 2.05) is 30.3 Å². The predicted molar refractivity (Wildman–Crippen MR) is 58.1 cm³/mol. The van der Waals surface area contributed by atoms with E-state index in [1.54, 1.807) is 0 Å². The number of carbonyl (C=O) groups excluding carboxylic acids is 2. The van der Waals surface area contributed by atoms with E-state index in [0.717, 1.165) is 5.56 Å². The van der Waals surface area contributed by atoms with Crippen LogP contribution in [0, 0.1) is 0 Å². The first-order valence-corrected chi connectivity index (χ1v) is 4.87. The highest BCUT2D eigenvalue weighted by molar-refractivity contribution is 5.86. The molecular weight excluding hydrogens is 208 g/mol. The number of rotatable bonds is 5. The van der Waals surface area contributed by atoms with Crippen LogP contribution in [0.25, 0.3) is 0 Å². The lowest BCUT2D eigenvalue weighted by Gasteiger charge is -2.09. The van der Waals surface area contributed by atoms with E-state index in [0.29, 0.717) is 6.54 Å². The highest BCUT2D eigenvalue weighted by Gasteiger charge is 2.16. The van der Waals surface area contributed by atoms with Gasteiger partial charge in [-0.25, -0.2) is 0 Å². The Bertz CT molecular complexity index is 365. The lowest BCUT2D eigenvalue weighted by atomic mass is 10.2. The molecule has 5 heteroatoms. The average Bonchev–Trinajstić information content (AvgIpc) is 2.26. The molecule has 16 heavy (non-hydrogen) atoms. The summed E-state index contributed by atoms with van der Waals surface area (Å²) in [5.41, 5.74) is 5.78. The molecule has 0 saturated heterocycles. The van der Waals surface area contributed by atoms with E-state index < -0.39 is 17.9 Å². The molecule has 0 saturated carbocycles. The van der Waals surface area contributed by atoms with Gasteiger partial charge in [0.05, 0.1) is 6.42 Å². The van der Waals surface area contributed by atoms with E-state index in [2.05, 4.69) is 5.32 Å². The fourth-order valence-corrected chi connectivity index (χ4v) is 1.19. The summed E-state index contributed by atoms with van der Waals surface area (Å²) in [7, 11) is 0. The SMILES string of the molecule is NC(=O)CC(O)C(=O)NCc1ccccc1. The van der Waals surface area contributed by atoms with Crippen LogP contribution in [0.3, 0.4) is 0 Å². The Morgan fingerprint density at radius 3 is 2.50 bits per heavy atom. The largest absolute Gasteiger partial charge is 0.383 e. The highest BCUT2D eigenvalue weighted by atomic mass is 16.3. The average molecular weight is 222 g/mol. The number of nitrogens with one attached hydrogen (secondary N) is 1. The summed E-state index contributed by atoms with van der Waals surface area (Å²) in [5.74, 6) is -1.30. The molecular formula is C11H14N2O3. The Morgan fingerprint density at radius 2 is 1.94 bits per heavy atom. The van der Waals surface area contributed by atoms with Gasteiger partial charge in [0, 0.05) is 6.54 Å². The van der Waals surface area contributed by atoms with Gasteiger partial charge in [-0.2, -0.15) is 0 Å². The van der Waals surface area contributed by atoms with Gasteiger partial charge >= 0.3 is 0 Å². The monoisotopic (exact) mass is 222 g/mol. The van der Waals surface area contributed by atoms with Crippen LogP contribution in [0.15, 0.2) is 30.3 Å². The third-order valence-electron chi connectivity index (χ3n) is 2.01. The van der Waals surface area contributed by atoms with Crippen LogP contribution in [0.2, 0.25) is 0 Å². The summed E-state index contributed by atoms with van der Waals surface area (Å²) in [6.45, 7) is 0.315. The molecule has 86 valence electrons. The summed E-state index contributed by atoms with van der Waals surface area (Å²) in [4.78, 5) is 21.8. The predicted octanol–water partition coefficient (Wildman–Crippen LogP) is -0.461. The lowest BCUT2D eigenvalue weighted by molar-refractivity contribution is -0.133. The van der Waals surface area contributed by atoms with Gasteiger partial charge in [-0.15, -0.1) is 0 Å². The van der Waals surface area contributed by atoms with Gasteiger partial charge in [-0.1, -0.05) is 30.3 Å². The van der Waals surface area contributed by atoms with Gasteiger partial charge < -0.3 is 16.2 Å². The molecule has 0 aliphatic heterocycles. The highest BCUT2D eigenvalue weighted by Crippen LogP contribution is 1.98. The number of amides is 2. The first-order valence-electron chi connectivity index (χ1n) is 4.87. The maximum Gasteiger partial charge on any atom is 0.249 e. The molecule has 0 bridgehead atoms. The number of nitrogens with two attached hydrogens (primary N) is 1. The van der Waals surface area contributed by atoms with Crippen LogP contribution in [0.1, 0.15) is 12.0 Å². The first kappa shape index (κ1) is 12.2. The molecule has 2 amide bonds. The second-order valence-electron chi connectivity index (χ2n) is 3.39. The quantitative estimate of drug-likeness (QED) is 0.629. The number of benzene rings is 1. The van der Waals surface area contributed by atoms with Gasteiger partial charge in [0.2, 0.25) is 11.8 Å². The van der Waals surface area contributed by atoms with Gasteiger partial charge in [0.1, 0.15) is 6.10 Å². The molecule has 0 radical (unpaired) electrons. The number of hydrogen-bond donors (Lipinski definition) is 3. The Hall–Kier alpha value is -1.88. The van der Waals surface area contributed by atoms with E-state index in [1.165, 1.54) is 0 Å². The lowest BCUT2D eigenvalue weighted by Crippen LogP contribution is -2.36. The smallest absolute Gasteiger partial charge is 0.249 e. The van der Waals surface area contributed by atoms with E-state index in [-0.39, 0.29) is 6.42 Å². The van der Waals surface area contributed by atoms with Crippen molar-refractivity contribution in [2.45, 2.75) is 19.1 Å². The van der Waals surface area contributed by atoms with Crippen molar-refractivity contribution in [3.63, 3.8) is 0 Å². The zero-order chi connectivity index (χ0) is 12.0. The summed E-state index contributed by atoms with van der Waals surface area (Å²) in [6, 6.07) is 9.26. The van der Waals surface area contributed by atoms with Crippen LogP contribution >= 0.6 is 0 Å². The Labute approximate surface area is 93.3 Å². The van der Waals surface area contributed by atoms with Gasteiger partial charge in [-0.05, 0) is 5.56 Å². The first-order chi connectivity index (χ1) is 7.59. The molecule has 0 aliphatic rings. The summed E-state index contributed by atoms with van der Waals surface area (Å²) in [5, 5.41) is 11.8. The fourth-order valence-electron chi connectivity index (χ4n) is 1.19. The fraction of sp³-hybridized carbons (Fsp3) is 0.273. The number of hydrogen-bond acceptors (Lipinski definition) is 3. The van der Waals surface area contributed by atoms with Crippen molar-refractivity contribution in [1.82, 2.24) is 5.32 Å². The maximum atomic E-state index is 11.3. The molecule has 0 aliphatic carbocycles. The third-order valence-corrected chi connectivity index (χ3v) is 2.01. The molecule has 1 atom stereocenters. The molecule has 1 aromatic rings. The van der Waals surface area contributed by atoms with Crippen molar-refractivity contribution < 1.29 is 14.7 Å². The molecule has 0 heterocycles. The van der Waals surface area contributed by atoms with Crippen molar-refractivity contribution in [2.75, 3.05) is 0 Å². The van der Waals surface area contributed by atoms with Crippen molar-refractivity contribution in [2.24, 2.45) is 5.73 Å². The Morgan fingerprint density at radius 1 is 1.31 bits per heavy atom. The molecule has 5 nitrogen and oxygen atoms in total. The Kier molecular flexibility index (Phi) is 4.47. The van der Waals surface area contributed by atoms with E-state index >= 15 is 0 Å². The van der Waals surface area contributed by atoms with Crippen LogP contribution < -0.4 is 11.1 Å². The molecule has 0 spiro atoms. The maximum absolute atomic E-state index is 11.3. The Balaban J connectivity index is 2.38. The molecule has 1 aromatic carbocycles. The molecule has 0 fully saturated rings. The van der Waals surface area contributed by atoms with Crippen LogP contribution in [0.5, 0.6) is 0 Å². The van der Waals surface area contributed by atoms with Crippen molar-refractivity contribution in [3.8, 4) is 0 Å². The normalized spacial score (nSPS) is 11.8. The van der Waals surface area contributed by atoms with Crippen molar-refractivity contribution in [3.05, 3.63) is 35.9 Å². The van der Waals surface area contributed by atoms with E-state index in [4.69, 9.17) is 5.73 Å². The van der Waals surface area contributed by atoms with E-state index in [9.17, 15) is 14.7 Å². The zero-order valence-electron chi connectivity index (χ0n) is 8.72. The van der Waals surface area contributed by atoms with Gasteiger partial charge in [0.15, 0.2) is 0 Å². The van der Waals surface area contributed by atoms with Crippen LogP contribution in [-0.4, -0.2) is 23.0 Å². The zero-order valence-corrected chi connectivity index (χ0v) is 8.72. The minimum absolute atomic E-state index is 0.315. The van der Waals surface area contributed by atoms with Gasteiger partial charge in [-0.3, -0.25) is 9.59 Å². The molecule has 4 N–H and O–H groups in total. The number of aliphatic hydroxyl groups is 1. The second kappa shape index (κ2) is 5.87. The summed E-state index contributed by atoms with van der Waals surface area (Å²) < 4.78 is 0. The second-order valence-corrected chi connectivity index (χ2v) is 3.39. The minimum Gasteiger partial charge on any atom is -0.383 e. The standard InChI is InChI=1S/C11H14N2O3/c12-10(15)6-9(14)11(16)13-7-8-4-2-1-3-5-8/h1-5,9,14H,6-7H2,(H2,12,15)(H,13,16). The minimum atomic E-state index is -1.37. The number of carbonyl (C=O) groups is 2. The van der Waals surface area contributed by atoms with Crippen molar-refractivity contribution >= 4 is 11.8 Å². The summed E-state index contributed by atoms with van der Waals surface area (Å²) in [6.07, 6.45) is -1.73. The molecule has 1 rings (SSSR count). The number of aliphatic hydroxyl groups excluding tert-OH is 1. The van der Waals surface area contributed by atoms with Crippen LogP contribution in [0.4, 0.5) is 0 Å². The third kappa shape index (κ3) is 4.10. The van der Waals surface area contributed by atoms with Crippen LogP contribution in [-0.2, 0) is 16.1 Å². The molecule has 1 unspecified atom stereocenters. The van der Waals surface area contributed by atoms with Gasteiger partial charge in [0.25, 0.3) is 0 Å². The molecule has 0 aromatic heterocycles. The van der Waals surface area contributed by atoms with Crippen molar-refractivity contribution in [1.29, 1.82) is 0 Å². The topological polar surface area (TPSA) is 92.4 Å². The number of primary amides is 1. The summed E-state index contributed by atoms with van der Waals surface area (Å²) >= 11 is 0.